The average molecular weight is 289 g/mol. The van der Waals surface area contributed by atoms with Crippen LogP contribution in [0.1, 0.15) is 18.0 Å². The molecule has 2 aromatic carbocycles. The summed E-state index contributed by atoms with van der Waals surface area (Å²) in [4.78, 5) is 0. The van der Waals surface area contributed by atoms with Crippen molar-refractivity contribution in [2.45, 2.75) is 12.5 Å². The SMILES string of the molecule is CNC(c1ccc2ccccc2c1)C1CCS(=O)(=O)C1. The third-order valence-electron chi connectivity index (χ3n) is 4.18. The quantitative estimate of drug-likeness (QED) is 0.944. The van der Waals surface area contributed by atoms with Crippen molar-refractivity contribution >= 4 is 20.6 Å². The molecule has 1 heterocycles. The highest BCUT2D eigenvalue weighted by Crippen LogP contribution is 2.32. The number of fused-ring (bicyclic) bond motifs is 1. The van der Waals surface area contributed by atoms with Gasteiger partial charge in [-0.1, -0.05) is 36.4 Å². The standard InChI is InChI=1S/C16H19NO2S/c1-17-16(15-8-9-20(18,19)11-15)14-7-6-12-4-2-3-5-13(12)10-14/h2-7,10,15-17H,8-9,11H2,1H3. The van der Waals surface area contributed by atoms with Crippen LogP contribution in [-0.4, -0.2) is 27.0 Å². The summed E-state index contributed by atoms with van der Waals surface area (Å²) in [5.41, 5.74) is 1.17. The molecule has 0 aromatic heterocycles. The molecule has 0 aliphatic carbocycles. The van der Waals surface area contributed by atoms with E-state index in [0.29, 0.717) is 11.5 Å². The van der Waals surface area contributed by atoms with Crippen molar-refractivity contribution in [2.75, 3.05) is 18.6 Å². The normalized spacial score (nSPS) is 22.9. The predicted octanol–water partition coefficient (Wildman–Crippen LogP) is 2.54. The number of hydrogen-bond acceptors (Lipinski definition) is 3. The molecule has 2 aromatic rings. The number of rotatable bonds is 3. The maximum Gasteiger partial charge on any atom is 0.150 e. The first-order valence-electron chi connectivity index (χ1n) is 6.95. The van der Waals surface area contributed by atoms with Gasteiger partial charge in [0.25, 0.3) is 0 Å². The summed E-state index contributed by atoms with van der Waals surface area (Å²) < 4.78 is 23.4. The number of nitrogens with one attached hydrogen (secondary N) is 1. The maximum atomic E-state index is 11.7. The van der Waals surface area contributed by atoms with Crippen molar-refractivity contribution in [3.8, 4) is 0 Å². The van der Waals surface area contributed by atoms with Crippen molar-refractivity contribution in [3.05, 3.63) is 48.0 Å². The molecule has 1 aliphatic rings. The summed E-state index contributed by atoms with van der Waals surface area (Å²) in [5.74, 6) is 0.792. The van der Waals surface area contributed by atoms with E-state index in [0.717, 1.165) is 6.42 Å². The molecule has 0 radical (unpaired) electrons. The summed E-state index contributed by atoms with van der Waals surface area (Å²) in [6.07, 6.45) is 0.751. The second-order valence-electron chi connectivity index (χ2n) is 5.54. The highest BCUT2D eigenvalue weighted by molar-refractivity contribution is 7.91. The molecule has 0 bridgehead atoms. The molecule has 1 N–H and O–H groups in total. The summed E-state index contributed by atoms with van der Waals surface area (Å²) in [6, 6.07) is 14.7. The highest BCUT2D eigenvalue weighted by Gasteiger charge is 2.33. The Labute approximate surface area is 119 Å². The molecular weight excluding hydrogens is 270 g/mol. The van der Waals surface area contributed by atoms with Crippen molar-refractivity contribution in [1.82, 2.24) is 5.32 Å². The molecule has 3 nitrogen and oxygen atoms in total. The van der Waals surface area contributed by atoms with Crippen LogP contribution in [0.4, 0.5) is 0 Å². The summed E-state index contributed by atoms with van der Waals surface area (Å²) in [7, 11) is -0.934. The van der Waals surface area contributed by atoms with Crippen LogP contribution in [0.2, 0.25) is 0 Å². The van der Waals surface area contributed by atoms with Gasteiger partial charge < -0.3 is 5.32 Å². The fourth-order valence-electron chi connectivity index (χ4n) is 3.16. The van der Waals surface area contributed by atoms with Gasteiger partial charge in [-0.15, -0.1) is 0 Å². The zero-order chi connectivity index (χ0) is 14.2. The zero-order valence-electron chi connectivity index (χ0n) is 11.5. The second kappa shape index (κ2) is 5.19. The third-order valence-corrected chi connectivity index (χ3v) is 5.98. The Balaban J connectivity index is 1.95. The van der Waals surface area contributed by atoms with Gasteiger partial charge >= 0.3 is 0 Å². The minimum absolute atomic E-state index is 0.108. The molecule has 0 spiro atoms. The van der Waals surface area contributed by atoms with Gasteiger partial charge in [0.1, 0.15) is 0 Å². The topological polar surface area (TPSA) is 46.2 Å². The van der Waals surface area contributed by atoms with Crippen LogP contribution >= 0.6 is 0 Å². The molecule has 106 valence electrons. The van der Waals surface area contributed by atoms with Crippen LogP contribution in [0.3, 0.4) is 0 Å². The van der Waals surface area contributed by atoms with E-state index in [2.05, 4.69) is 35.6 Å². The molecule has 1 aliphatic heterocycles. The average Bonchev–Trinajstić information content (AvgIpc) is 2.80. The minimum atomic E-state index is -2.84. The van der Waals surface area contributed by atoms with Gasteiger partial charge in [-0.05, 0) is 41.8 Å². The first-order chi connectivity index (χ1) is 9.59. The highest BCUT2D eigenvalue weighted by atomic mass is 32.2. The summed E-state index contributed by atoms with van der Waals surface area (Å²) in [5, 5.41) is 5.71. The van der Waals surface area contributed by atoms with E-state index in [-0.39, 0.29) is 12.0 Å². The second-order valence-corrected chi connectivity index (χ2v) is 7.76. The van der Waals surface area contributed by atoms with Crippen LogP contribution in [0.5, 0.6) is 0 Å². The Morgan fingerprint density at radius 3 is 2.55 bits per heavy atom. The molecule has 1 saturated heterocycles. The van der Waals surface area contributed by atoms with Crippen LogP contribution in [0.15, 0.2) is 42.5 Å². The first-order valence-corrected chi connectivity index (χ1v) is 8.77. The molecular formula is C16H19NO2S. The smallest absolute Gasteiger partial charge is 0.150 e. The van der Waals surface area contributed by atoms with Gasteiger partial charge in [0.15, 0.2) is 9.84 Å². The van der Waals surface area contributed by atoms with E-state index in [4.69, 9.17) is 0 Å². The molecule has 0 amide bonds. The lowest BCUT2D eigenvalue weighted by Crippen LogP contribution is -2.26. The van der Waals surface area contributed by atoms with Gasteiger partial charge in [0.2, 0.25) is 0 Å². The lowest BCUT2D eigenvalue weighted by molar-refractivity contribution is 0.419. The van der Waals surface area contributed by atoms with Crippen molar-refractivity contribution in [2.24, 2.45) is 5.92 Å². The molecule has 4 heteroatoms. The zero-order valence-corrected chi connectivity index (χ0v) is 12.4. The Kier molecular flexibility index (Phi) is 3.52. The van der Waals surface area contributed by atoms with Crippen LogP contribution in [0, 0.1) is 5.92 Å². The van der Waals surface area contributed by atoms with E-state index in [1.165, 1.54) is 16.3 Å². The molecule has 3 rings (SSSR count). The number of sulfone groups is 1. The molecule has 20 heavy (non-hydrogen) atoms. The van der Waals surface area contributed by atoms with Gasteiger partial charge in [-0.2, -0.15) is 0 Å². The van der Waals surface area contributed by atoms with Crippen molar-refractivity contribution in [3.63, 3.8) is 0 Å². The summed E-state index contributed by atoms with van der Waals surface area (Å²) >= 11 is 0. The maximum absolute atomic E-state index is 11.7. The Bertz CT molecular complexity index is 724. The molecule has 1 fully saturated rings. The van der Waals surface area contributed by atoms with Crippen molar-refractivity contribution < 1.29 is 8.42 Å². The van der Waals surface area contributed by atoms with E-state index in [1.54, 1.807) is 0 Å². The van der Waals surface area contributed by atoms with Crippen LogP contribution in [-0.2, 0) is 9.84 Å². The Morgan fingerprint density at radius 2 is 1.90 bits per heavy atom. The fraction of sp³-hybridized carbons (Fsp3) is 0.375. The van der Waals surface area contributed by atoms with E-state index < -0.39 is 9.84 Å². The minimum Gasteiger partial charge on any atom is -0.313 e. The van der Waals surface area contributed by atoms with Crippen LogP contribution < -0.4 is 5.32 Å². The molecule has 2 unspecified atom stereocenters. The van der Waals surface area contributed by atoms with E-state index in [9.17, 15) is 8.42 Å². The van der Waals surface area contributed by atoms with Gasteiger partial charge in [0, 0.05) is 6.04 Å². The lowest BCUT2D eigenvalue weighted by atomic mass is 9.91. The fourth-order valence-corrected chi connectivity index (χ4v) is 5.00. The number of benzene rings is 2. The van der Waals surface area contributed by atoms with Crippen LogP contribution in [0.25, 0.3) is 10.8 Å². The van der Waals surface area contributed by atoms with E-state index >= 15 is 0 Å². The molecule has 2 atom stereocenters. The predicted molar refractivity (Wildman–Crippen MR) is 82.5 cm³/mol. The van der Waals surface area contributed by atoms with Gasteiger partial charge in [-0.25, -0.2) is 8.42 Å². The third kappa shape index (κ3) is 2.58. The first kappa shape index (κ1) is 13.6. The van der Waals surface area contributed by atoms with E-state index in [1.807, 2.05) is 19.2 Å². The monoisotopic (exact) mass is 289 g/mol. The Hall–Kier alpha value is -1.39. The largest absolute Gasteiger partial charge is 0.313 e. The number of hydrogen-bond donors (Lipinski definition) is 1. The van der Waals surface area contributed by atoms with Gasteiger partial charge in [-0.3, -0.25) is 0 Å². The lowest BCUT2D eigenvalue weighted by Gasteiger charge is -2.23. The van der Waals surface area contributed by atoms with Gasteiger partial charge in [0.05, 0.1) is 11.5 Å². The summed E-state index contributed by atoms with van der Waals surface area (Å²) in [6.45, 7) is 0. The van der Waals surface area contributed by atoms with Crippen molar-refractivity contribution in [1.29, 1.82) is 0 Å². The molecule has 0 saturated carbocycles. The Morgan fingerprint density at radius 1 is 1.15 bits per heavy atom.